The summed E-state index contributed by atoms with van der Waals surface area (Å²) in [6.07, 6.45) is 0.430. The molecule has 1 aliphatic heterocycles. The topological polar surface area (TPSA) is 41.5 Å². The van der Waals surface area contributed by atoms with Crippen LogP contribution in [0.3, 0.4) is 0 Å². The van der Waals surface area contributed by atoms with Crippen LogP contribution in [0.5, 0.6) is 0 Å². The minimum Gasteiger partial charge on any atom is -0.391 e. The Bertz CT molecular complexity index is 315. The Balaban J connectivity index is 1.94. The number of benzene rings is 1. The fourth-order valence-corrected chi connectivity index (χ4v) is 2.04. The van der Waals surface area contributed by atoms with E-state index in [2.05, 4.69) is 24.4 Å². The van der Waals surface area contributed by atoms with E-state index in [1.807, 2.05) is 18.2 Å². The third-order valence-electron chi connectivity index (χ3n) is 3.08. The molecule has 0 aliphatic carbocycles. The summed E-state index contributed by atoms with van der Waals surface area (Å²) >= 11 is 0. The highest BCUT2D eigenvalue weighted by Gasteiger charge is 2.24. The summed E-state index contributed by atoms with van der Waals surface area (Å²) in [5, 5.41) is 13.2. The molecule has 0 bridgehead atoms. The van der Waals surface area contributed by atoms with E-state index in [0.717, 1.165) is 6.42 Å². The van der Waals surface area contributed by atoms with Gasteiger partial charge in [-0.15, -0.1) is 0 Å². The number of nitrogens with one attached hydrogen (secondary N) is 1. The van der Waals surface area contributed by atoms with Crippen molar-refractivity contribution in [2.24, 2.45) is 0 Å². The van der Waals surface area contributed by atoms with E-state index in [1.54, 1.807) is 0 Å². The van der Waals surface area contributed by atoms with Gasteiger partial charge in [0.2, 0.25) is 0 Å². The van der Waals surface area contributed by atoms with Crippen molar-refractivity contribution in [1.29, 1.82) is 0 Å². The fraction of sp³-hybridized carbons (Fsp3) is 0.538. The van der Waals surface area contributed by atoms with Gasteiger partial charge in [-0.25, -0.2) is 0 Å². The zero-order valence-electron chi connectivity index (χ0n) is 9.60. The second-order valence-corrected chi connectivity index (χ2v) is 4.34. The Morgan fingerprint density at radius 3 is 2.81 bits per heavy atom. The molecule has 2 rings (SSSR count). The van der Waals surface area contributed by atoms with Gasteiger partial charge in [-0.05, 0) is 18.9 Å². The average Bonchev–Trinajstić information content (AvgIpc) is 2.33. The Morgan fingerprint density at radius 2 is 2.12 bits per heavy atom. The number of aliphatic hydroxyl groups is 1. The Labute approximate surface area is 96.4 Å². The molecule has 0 amide bonds. The quantitative estimate of drug-likeness (QED) is 0.812. The molecular formula is C13H19NO2. The van der Waals surface area contributed by atoms with Gasteiger partial charge in [-0.3, -0.25) is 0 Å². The molecule has 16 heavy (non-hydrogen) atoms. The molecule has 0 spiro atoms. The third-order valence-corrected chi connectivity index (χ3v) is 3.08. The van der Waals surface area contributed by atoms with E-state index in [4.69, 9.17) is 4.74 Å². The first-order valence-corrected chi connectivity index (χ1v) is 5.84. The minimum absolute atomic E-state index is 0.0453. The van der Waals surface area contributed by atoms with Gasteiger partial charge in [-0.2, -0.15) is 0 Å². The number of aliphatic hydroxyl groups excluding tert-OH is 1. The Kier molecular flexibility index (Phi) is 3.93. The van der Waals surface area contributed by atoms with Crippen molar-refractivity contribution in [2.75, 3.05) is 13.2 Å². The van der Waals surface area contributed by atoms with Gasteiger partial charge in [0.05, 0.1) is 18.8 Å². The van der Waals surface area contributed by atoms with Crippen LogP contribution in [0.15, 0.2) is 30.3 Å². The summed E-state index contributed by atoms with van der Waals surface area (Å²) in [7, 11) is 0. The first-order valence-electron chi connectivity index (χ1n) is 5.84. The second kappa shape index (κ2) is 5.43. The predicted molar refractivity (Wildman–Crippen MR) is 63.2 cm³/mol. The van der Waals surface area contributed by atoms with Gasteiger partial charge in [0.15, 0.2) is 0 Å². The van der Waals surface area contributed by atoms with Crippen LogP contribution in [-0.2, 0) is 4.74 Å². The van der Waals surface area contributed by atoms with Crippen LogP contribution in [0.25, 0.3) is 0 Å². The SMILES string of the molecule is C[C@H](N[C@@H]1COCC[C@H]1O)c1ccccc1. The molecule has 2 N–H and O–H groups in total. The van der Waals surface area contributed by atoms with Gasteiger partial charge < -0.3 is 15.2 Å². The lowest BCUT2D eigenvalue weighted by Gasteiger charge is -2.31. The standard InChI is InChI=1S/C13H19NO2/c1-10(11-5-3-2-4-6-11)14-12-9-16-8-7-13(12)15/h2-6,10,12-15H,7-9H2,1H3/t10-,12+,13+/m0/s1. The van der Waals surface area contributed by atoms with E-state index >= 15 is 0 Å². The molecular weight excluding hydrogens is 202 g/mol. The van der Waals surface area contributed by atoms with Crippen LogP contribution in [0.4, 0.5) is 0 Å². The smallest absolute Gasteiger partial charge is 0.0737 e. The molecule has 1 aromatic rings. The summed E-state index contributed by atoms with van der Waals surface area (Å²) in [6, 6.07) is 10.5. The Hall–Kier alpha value is -0.900. The van der Waals surface area contributed by atoms with E-state index in [-0.39, 0.29) is 18.2 Å². The summed E-state index contributed by atoms with van der Waals surface area (Å²) in [6.45, 7) is 3.37. The highest BCUT2D eigenvalue weighted by atomic mass is 16.5. The normalized spacial score (nSPS) is 27.6. The molecule has 3 atom stereocenters. The number of ether oxygens (including phenoxy) is 1. The largest absolute Gasteiger partial charge is 0.391 e. The first-order chi connectivity index (χ1) is 7.77. The molecule has 88 valence electrons. The van der Waals surface area contributed by atoms with Crippen LogP contribution in [0.1, 0.15) is 24.9 Å². The summed E-state index contributed by atoms with van der Waals surface area (Å²) in [5.74, 6) is 0. The molecule has 0 unspecified atom stereocenters. The maximum Gasteiger partial charge on any atom is 0.0737 e. The third kappa shape index (κ3) is 2.82. The molecule has 1 saturated heterocycles. The molecule has 0 aromatic heterocycles. The van der Waals surface area contributed by atoms with Gasteiger partial charge in [0.1, 0.15) is 0 Å². The second-order valence-electron chi connectivity index (χ2n) is 4.34. The molecule has 0 radical (unpaired) electrons. The zero-order valence-corrected chi connectivity index (χ0v) is 9.60. The van der Waals surface area contributed by atoms with Gasteiger partial charge >= 0.3 is 0 Å². The molecule has 1 heterocycles. The van der Waals surface area contributed by atoms with Crippen molar-refractivity contribution in [3.63, 3.8) is 0 Å². The van der Waals surface area contributed by atoms with Crippen LogP contribution < -0.4 is 5.32 Å². The lowest BCUT2D eigenvalue weighted by atomic mass is 10.0. The van der Waals surface area contributed by atoms with Crippen molar-refractivity contribution >= 4 is 0 Å². The number of hydrogen-bond acceptors (Lipinski definition) is 3. The monoisotopic (exact) mass is 221 g/mol. The summed E-state index contributed by atoms with van der Waals surface area (Å²) in [5.41, 5.74) is 1.24. The molecule has 1 aromatic carbocycles. The molecule has 3 nitrogen and oxygen atoms in total. The summed E-state index contributed by atoms with van der Waals surface area (Å²) in [4.78, 5) is 0. The van der Waals surface area contributed by atoms with Gasteiger partial charge in [0, 0.05) is 12.6 Å². The maximum absolute atomic E-state index is 9.82. The van der Waals surface area contributed by atoms with E-state index in [9.17, 15) is 5.11 Å². The molecule has 0 saturated carbocycles. The average molecular weight is 221 g/mol. The van der Waals surface area contributed by atoms with Crippen molar-refractivity contribution in [3.05, 3.63) is 35.9 Å². The van der Waals surface area contributed by atoms with Crippen molar-refractivity contribution in [3.8, 4) is 0 Å². The van der Waals surface area contributed by atoms with Crippen LogP contribution >= 0.6 is 0 Å². The lowest BCUT2D eigenvalue weighted by molar-refractivity contribution is -0.0185. The van der Waals surface area contributed by atoms with Crippen molar-refractivity contribution < 1.29 is 9.84 Å². The van der Waals surface area contributed by atoms with Crippen LogP contribution in [-0.4, -0.2) is 30.5 Å². The van der Waals surface area contributed by atoms with E-state index < -0.39 is 0 Å². The first kappa shape index (κ1) is 11.6. The minimum atomic E-state index is -0.292. The highest BCUT2D eigenvalue weighted by molar-refractivity contribution is 5.18. The predicted octanol–water partition coefficient (Wildman–Crippen LogP) is 1.49. The van der Waals surface area contributed by atoms with E-state index in [0.29, 0.717) is 13.2 Å². The van der Waals surface area contributed by atoms with Gasteiger partial charge in [-0.1, -0.05) is 30.3 Å². The molecule has 1 aliphatic rings. The van der Waals surface area contributed by atoms with Crippen LogP contribution in [0.2, 0.25) is 0 Å². The number of hydrogen-bond donors (Lipinski definition) is 2. The molecule has 3 heteroatoms. The lowest BCUT2D eigenvalue weighted by Crippen LogP contribution is -2.47. The summed E-state index contributed by atoms with van der Waals surface area (Å²) < 4.78 is 5.37. The fourth-order valence-electron chi connectivity index (χ4n) is 2.04. The van der Waals surface area contributed by atoms with E-state index in [1.165, 1.54) is 5.56 Å². The highest BCUT2D eigenvalue weighted by Crippen LogP contribution is 2.15. The van der Waals surface area contributed by atoms with Gasteiger partial charge in [0.25, 0.3) is 0 Å². The zero-order chi connectivity index (χ0) is 11.4. The molecule has 1 fully saturated rings. The van der Waals surface area contributed by atoms with Crippen molar-refractivity contribution in [2.45, 2.75) is 31.5 Å². The number of rotatable bonds is 3. The van der Waals surface area contributed by atoms with Crippen LogP contribution in [0, 0.1) is 0 Å². The van der Waals surface area contributed by atoms with Crippen molar-refractivity contribution in [1.82, 2.24) is 5.32 Å². The maximum atomic E-state index is 9.82. The Morgan fingerprint density at radius 1 is 1.38 bits per heavy atom.